The maximum absolute atomic E-state index is 13.0. The summed E-state index contributed by atoms with van der Waals surface area (Å²) in [6.07, 6.45) is 3.77. The normalized spacial score (nSPS) is 16.3. The van der Waals surface area contributed by atoms with Crippen LogP contribution in [0.4, 0.5) is 4.39 Å². The number of likely N-dealkylation sites (tertiary alicyclic amines) is 1. The number of hydrogen-bond acceptors (Lipinski definition) is 5. The zero-order chi connectivity index (χ0) is 24.0. The molecule has 178 valence electrons. The zero-order valence-electron chi connectivity index (χ0n) is 19.1. The molecule has 1 fully saturated rings. The Morgan fingerprint density at radius 2 is 1.67 bits per heavy atom. The summed E-state index contributed by atoms with van der Waals surface area (Å²) in [5.74, 6) is -0.732. The summed E-state index contributed by atoms with van der Waals surface area (Å²) in [4.78, 5) is 27.6. The van der Waals surface area contributed by atoms with E-state index in [1.54, 1.807) is 24.3 Å². The lowest BCUT2D eigenvalue weighted by Gasteiger charge is -2.33. The molecule has 2 aromatic rings. The van der Waals surface area contributed by atoms with Gasteiger partial charge in [-0.1, -0.05) is 19.1 Å². The van der Waals surface area contributed by atoms with Crippen LogP contribution in [0.5, 0.6) is 0 Å². The highest BCUT2D eigenvalue weighted by Crippen LogP contribution is 2.23. The molecule has 1 aliphatic rings. The van der Waals surface area contributed by atoms with Crippen LogP contribution in [-0.2, 0) is 14.6 Å². The minimum atomic E-state index is -3.27. The maximum atomic E-state index is 13.0. The molecular formula is C25H31FN2O4S. The van der Waals surface area contributed by atoms with Crippen molar-refractivity contribution >= 4 is 21.5 Å². The van der Waals surface area contributed by atoms with E-state index in [0.717, 1.165) is 37.8 Å². The third-order valence-electron chi connectivity index (χ3n) is 6.19. The molecule has 1 heterocycles. The van der Waals surface area contributed by atoms with Crippen LogP contribution in [0.3, 0.4) is 0 Å². The molecule has 1 saturated heterocycles. The van der Waals surface area contributed by atoms with E-state index in [-0.39, 0.29) is 34.4 Å². The molecule has 0 radical (unpaired) electrons. The van der Waals surface area contributed by atoms with Crippen molar-refractivity contribution in [2.45, 2.75) is 49.5 Å². The third kappa shape index (κ3) is 6.95. The Balaban J connectivity index is 1.47. The SMILES string of the molecule is CCC(C(=O)NC1CCN(CCC(=O)c2ccc(F)cc2)CC1)c1ccc(S(C)(=O)=O)cc1. The molecular weight excluding hydrogens is 443 g/mol. The molecule has 1 N–H and O–H groups in total. The van der Waals surface area contributed by atoms with Crippen molar-refractivity contribution in [2.75, 3.05) is 25.9 Å². The van der Waals surface area contributed by atoms with Crippen LogP contribution in [0.2, 0.25) is 0 Å². The number of carbonyl (C=O) groups excluding carboxylic acids is 2. The summed E-state index contributed by atoms with van der Waals surface area (Å²) in [6, 6.07) is 12.2. The Morgan fingerprint density at radius 1 is 1.06 bits per heavy atom. The minimum absolute atomic E-state index is 0.00175. The van der Waals surface area contributed by atoms with E-state index in [1.165, 1.54) is 24.3 Å². The standard InChI is InChI=1S/C25H31FN2O4S/c1-3-23(18-6-10-22(11-7-18)33(2,31)32)25(30)27-21-12-15-28(16-13-21)17-14-24(29)19-4-8-20(26)9-5-19/h4-11,21,23H,3,12-17H2,1-2H3,(H,27,30). The average molecular weight is 475 g/mol. The Morgan fingerprint density at radius 3 is 2.21 bits per heavy atom. The van der Waals surface area contributed by atoms with E-state index in [2.05, 4.69) is 10.2 Å². The second-order valence-corrected chi connectivity index (χ2v) is 10.6. The van der Waals surface area contributed by atoms with Gasteiger partial charge in [-0.15, -0.1) is 0 Å². The number of piperidine rings is 1. The number of nitrogens with zero attached hydrogens (tertiary/aromatic N) is 1. The second-order valence-electron chi connectivity index (χ2n) is 8.61. The van der Waals surface area contributed by atoms with Gasteiger partial charge in [0, 0.05) is 43.9 Å². The molecule has 8 heteroatoms. The molecule has 0 bridgehead atoms. The highest BCUT2D eigenvalue weighted by molar-refractivity contribution is 7.90. The first-order chi connectivity index (χ1) is 15.7. The number of hydrogen-bond donors (Lipinski definition) is 1. The van der Waals surface area contributed by atoms with Crippen molar-refractivity contribution < 1.29 is 22.4 Å². The van der Waals surface area contributed by atoms with Gasteiger partial charge in [0.05, 0.1) is 10.8 Å². The molecule has 0 spiro atoms. The molecule has 2 aromatic carbocycles. The molecule has 1 atom stereocenters. The number of amides is 1. The lowest BCUT2D eigenvalue weighted by atomic mass is 9.94. The van der Waals surface area contributed by atoms with Crippen molar-refractivity contribution in [1.29, 1.82) is 0 Å². The second kappa shape index (κ2) is 11.0. The number of Topliss-reactive ketones (excluding diaryl/α,β-unsaturated/α-hetero) is 1. The Kier molecular flexibility index (Phi) is 8.37. The fourth-order valence-corrected chi connectivity index (χ4v) is 4.79. The molecule has 33 heavy (non-hydrogen) atoms. The smallest absolute Gasteiger partial charge is 0.227 e. The number of ketones is 1. The van der Waals surface area contributed by atoms with Crippen molar-refractivity contribution in [1.82, 2.24) is 10.2 Å². The highest BCUT2D eigenvalue weighted by Gasteiger charge is 2.25. The van der Waals surface area contributed by atoms with Gasteiger partial charge in [0.1, 0.15) is 5.82 Å². The summed E-state index contributed by atoms with van der Waals surface area (Å²) >= 11 is 0. The fraction of sp³-hybridized carbons (Fsp3) is 0.440. The van der Waals surface area contributed by atoms with E-state index in [0.29, 0.717) is 24.9 Å². The molecule has 1 aliphatic heterocycles. The molecule has 0 saturated carbocycles. The molecule has 1 amide bonds. The summed E-state index contributed by atoms with van der Waals surface area (Å²) in [6.45, 7) is 4.17. The highest BCUT2D eigenvalue weighted by atomic mass is 32.2. The summed E-state index contributed by atoms with van der Waals surface area (Å²) in [7, 11) is -3.27. The van der Waals surface area contributed by atoms with E-state index in [9.17, 15) is 22.4 Å². The summed E-state index contributed by atoms with van der Waals surface area (Å²) in [5.41, 5.74) is 1.33. The number of sulfone groups is 1. The van der Waals surface area contributed by atoms with Crippen LogP contribution in [0.25, 0.3) is 0 Å². The lowest BCUT2D eigenvalue weighted by molar-refractivity contribution is -0.123. The van der Waals surface area contributed by atoms with Gasteiger partial charge < -0.3 is 10.2 Å². The monoisotopic (exact) mass is 474 g/mol. The Hall–Kier alpha value is -2.58. The van der Waals surface area contributed by atoms with Gasteiger partial charge in [-0.25, -0.2) is 12.8 Å². The van der Waals surface area contributed by atoms with Crippen molar-refractivity contribution in [3.63, 3.8) is 0 Å². The topological polar surface area (TPSA) is 83.6 Å². The molecule has 1 unspecified atom stereocenters. The summed E-state index contributed by atoms with van der Waals surface area (Å²) in [5, 5.41) is 3.14. The average Bonchev–Trinajstić information content (AvgIpc) is 2.79. The van der Waals surface area contributed by atoms with E-state index >= 15 is 0 Å². The maximum Gasteiger partial charge on any atom is 0.227 e. The van der Waals surface area contributed by atoms with E-state index < -0.39 is 9.84 Å². The van der Waals surface area contributed by atoms with Gasteiger partial charge in [0.15, 0.2) is 15.6 Å². The quantitative estimate of drug-likeness (QED) is 0.562. The van der Waals surface area contributed by atoms with Gasteiger partial charge in [0.2, 0.25) is 5.91 Å². The van der Waals surface area contributed by atoms with Crippen molar-refractivity contribution in [3.05, 3.63) is 65.5 Å². The van der Waals surface area contributed by atoms with Crippen LogP contribution in [-0.4, -0.2) is 56.9 Å². The number of rotatable bonds is 9. The molecule has 0 aromatic heterocycles. The summed E-state index contributed by atoms with van der Waals surface area (Å²) < 4.78 is 36.3. The first-order valence-electron chi connectivity index (χ1n) is 11.3. The van der Waals surface area contributed by atoms with Gasteiger partial charge in [-0.2, -0.15) is 0 Å². The molecule has 3 rings (SSSR count). The first kappa shape index (κ1) is 25.1. The van der Waals surface area contributed by atoms with Crippen molar-refractivity contribution in [3.8, 4) is 0 Å². The number of benzene rings is 2. The molecule has 6 nitrogen and oxygen atoms in total. The number of nitrogens with one attached hydrogen (secondary N) is 1. The zero-order valence-corrected chi connectivity index (χ0v) is 19.9. The molecule has 0 aliphatic carbocycles. The predicted molar refractivity (Wildman–Crippen MR) is 126 cm³/mol. The number of halogens is 1. The van der Waals surface area contributed by atoms with E-state index in [1.807, 2.05) is 6.92 Å². The minimum Gasteiger partial charge on any atom is -0.353 e. The van der Waals surface area contributed by atoms with Crippen LogP contribution in [0, 0.1) is 5.82 Å². The number of carbonyl (C=O) groups is 2. The van der Waals surface area contributed by atoms with Crippen LogP contribution in [0.1, 0.15) is 54.4 Å². The predicted octanol–water partition coefficient (Wildman–Crippen LogP) is 3.58. The largest absolute Gasteiger partial charge is 0.353 e. The van der Waals surface area contributed by atoms with Crippen molar-refractivity contribution in [2.24, 2.45) is 0 Å². The van der Waals surface area contributed by atoms with Gasteiger partial charge in [-0.05, 0) is 61.2 Å². The van der Waals surface area contributed by atoms with Gasteiger partial charge >= 0.3 is 0 Å². The van der Waals surface area contributed by atoms with Crippen LogP contribution >= 0.6 is 0 Å². The Bertz CT molecular complexity index is 1060. The Labute approximate surface area is 195 Å². The van der Waals surface area contributed by atoms with E-state index in [4.69, 9.17) is 0 Å². The first-order valence-corrected chi connectivity index (χ1v) is 13.2. The van der Waals surface area contributed by atoms with Gasteiger partial charge in [0.25, 0.3) is 0 Å². The van der Waals surface area contributed by atoms with Gasteiger partial charge in [-0.3, -0.25) is 9.59 Å². The van der Waals surface area contributed by atoms with Crippen LogP contribution < -0.4 is 5.32 Å². The fourth-order valence-electron chi connectivity index (χ4n) is 4.16. The third-order valence-corrected chi connectivity index (χ3v) is 7.32. The van der Waals surface area contributed by atoms with Crippen LogP contribution in [0.15, 0.2) is 53.4 Å². The lowest BCUT2D eigenvalue weighted by Crippen LogP contribution is -2.46.